The van der Waals surface area contributed by atoms with Crippen molar-refractivity contribution in [3.05, 3.63) is 47.8 Å². The van der Waals surface area contributed by atoms with Gasteiger partial charge < -0.3 is 15.0 Å². The number of hydrogen-bond donors (Lipinski definition) is 2. The average Bonchev–Trinajstić information content (AvgIpc) is 3.11. The lowest BCUT2D eigenvalue weighted by Crippen LogP contribution is -2.24. The van der Waals surface area contributed by atoms with Crippen LogP contribution >= 0.6 is 23.1 Å². The molecule has 1 aromatic heterocycles. The third-order valence-corrected chi connectivity index (χ3v) is 7.10. The summed E-state index contributed by atoms with van der Waals surface area (Å²) in [5.74, 6) is -1.73. The fourth-order valence-corrected chi connectivity index (χ4v) is 5.06. The molecule has 2 N–H and O–H groups in total. The highest BCUT2D eigenvalue weighted by Crippen LogP contribution is 2.40. The summed E-state index contributed by atoms with van der Waals surface area (Å²) >= 11 is 1.95. The topological polar surface area (TPSA) is 107 Å². The molecule has 3 rings (SSSR count). The number of nitrogens with one attached hydrogen (secondary N) is 1. The molecule has 6 nitrogen and oxygen atoms in total. The number of phenolic OH excluding ortho intramolecular Hbond substituents is 1. The SMILES string of the molecule is O=C([O-])CSc1cc(NS(=O)(=O)c2cccs2)c2ccccc2c1O. The number of carboxylic acid groups (broad SMARTS) is 1. The van der Waals surface area contributed by atoms with Crippen molar-refractivity contribution in [3.8, 4) is 5.75 Å². The van der Waals surface area contributed by atoms with E-state index >= 15 is 0 Å². The van der Waals surface area contributed by atoms with Gasteiger partial charge in [0.1, 0.15) is 9.96 Å². The number of thiophene rings is 1. The number of hydrogen-bond acceptors (Lipinski definition) is 7. The molecule has 0 radical (unpaired) electrons. The van der Waals surface area contributed by atoms with Crippen molar-refractivity contribution in [1.29, 1.82) is 0 Å². The lowest BCUT2D eigenvalue weighted by atomic mass is 10.1. The number of carboxylic acids is 1. The number of thioether (sulfide) groups is 1. The van der Waals surface area contributed by atoms with Crippen LogP contribution in [0, 0.1) is 0 Å². The number of sulfonamides is 1. The average molecular weight is 394 g/mol. The monoisotopic (exact) mass is 394 g/mol. The number of aliphatic carboxylic acids is 1. The fourth-order valence-electron chi connectivity index (χ4n) is 2.28. The van der Waals surface area contributed by atoms with Crippen molar-refractivity contribution in [3.63, 3.8) is 0 Å². The van der Waals surface area contributed by atoms with Crippen LogP contribution < -0.4 is 9.83 Å². The first kappa shape index (κ1) is 17.6. The van der Waals surface area contributed by atoms with Crippen LogP contribution in [-0.4, -0.2) is 25.2 Å². The molecule has 25 heavy (non-hydrogen) atoms. The number of fused-ring (bicyclic) bond motifs is 1. The molecule has 130 valence electrons. The lowest BCUT2D eigenvalue weighted by molar-refractivity contribution is -0.301. The molecule has 0 aliphatic carbocycles. The Labute approximate surface area is 152 Å². The number of carbonyl (C=O) groups is 1. The number of anilines is 1. The van der Waals surface area contributed by atoms with Crippen LogP contribution in [0.15, 0.2) is 56.9 Å². The van der Waals surface area contributed by atoms with Crippen molar-refractivity contribution in [2.24, 2.45) is 0 Å². The van der Waals surface area contributed by atoms with Gasteiger partial charge in [0.25, 0.3) is 10.0 Å². The molecular weight excluding hydrogens is 382 g/mol. The Morgan fingerprint density at radius 2 is 1.92 bits per heavy atom. The predicted octanol–water partition coefficient (Wildman–Crippen LogP) is 2.25. The maximum Gasteiger partial charge on any atom is 0.271 e. The Bertz CT molecular complexity index is 1030. The van der Waals surface area contributed by atoms with Gasteiger partial charge in [-0.3, -0.25) is 4.72 Å². The number of benzene rings is 2. The van der Waals surface area contributed by atoms with E-state index in [2.05, 4.69) is 4.72 Å². The van der Waals surface area contributed by atoms with E-state index < -0.39 is 16.0 Å². The Hall–Kier alpha value is -2.23. The molecule has 0 spiro atoms. The van der Waals surface area contributed by atoms with Crippen LogP contribution in [0.5, 0.6) is 5.75 Å². The predicted molar refractivity (Wildman–Crippen MR) is 96.5 cm³/mol. The summed E-state index contributed by atoms with van der Waals surface area (Å²) in [5.41, 5.74) is 0.266. The van der Waals surface area contributed by atoms with Crippen molar-refractivity contribution in [1.82, 2.24) is 0 Å². The molecule has 1 heterocycles. The summed E-state index contributed by atoms with van der Waals surface area (Å²) in [4.78, 5) is 10.9. The molecule has 0 amide bonds. The van der Waals surface area contributed by atoms with E-state index in [9.17, 15) is 23.4 Å². The van der Waals surface area contributed by atoms with Gasteiger partial charge in [-0.1, -0.05) is 30.3 Å². The van der Waals surface area contributed by atoms with E-state index in [4.69, 9.17) is 0 Å². The third-order valence-electron chi connectivity index (χ3n) is 3.33. The second-order valence-corrected chi connectivity index (χ2v) is 8.89. The summed E-state index contributed by atoms with van der Waals surface area (Å²) in [6.45, 7) is 0. The van der Waals surface area contributed by atoms with E-state index in [0.29, 0.717) is 10.8 Å². The highest BCUT2D eigenvalue weighted by atomic mass is 32.2. The number of carbonyl (C=O) groups excluding carboxylic acids is 1. The molecule has 0 fully saturated rings. The van der Waals surface area contributed by atoms with E-state index in [1.54, 1.807) is 35.7 Å². The van der Waals surface area contributed by atoms with Crippen molar-refractivity contribution >= 4 is 55.6 Å². The smallest absolute Gasteiger partial charge is 0.271 e. The number of phenols is 1. The summed E-state index contributed by atoms with van der Waals surface area (Å²) in [5, 5.41) is 23.6. The van der Waals surface area contributed by atoms with Gasteiger partial charge in [-0.05, 0) is 17.5 Å². The molecule has 3 aromatic rings. The highest BCUT2D eigenvalue weighted by Gasteiger charge is 2.19. The summed E-state index contributed by atoms with van der Waals surface area (Å²) in [6.07, 6.45) is 0. The van der Waals surface area contributed by atoms with Crippen LogP contribution in [-0.2, 0) is 14.8 Å². The van der Waals surface area contributed by atoms with E-state index in [1.807, 2.05) is 0 Å². The van der Waals surface area contributed by atoms with Crippen LogP contribution in [0.25, 0.3) is 10.8 Å². The molecule has 0 saturated carbocycles. The molecule has 0 bridgehead atoms. The quantitative estimate of drug-likeness (QED) is 0.491. The molecule has 2 aromatic carbocycles. The van der Waals surface area contributed by atoms with Gasteiger partial charge in [0, 0.05) is 16.5 Å². The standard InChI is InChI=1S/C16H13NO5S3/c18-14(19)9-24-13-8-12(10-4-1-2-5-11(10)16(13)20)17-25(21,22)15-6-3-7-23-15/h1-8,17,20H,9H2,(H,18,19)/p-1. The molecule has 0 aliphatic rings. The number of rotatable bonds is 6. The second-order valence-electron chi connectivity index (χ2n) is 5.01. The molecule has 9 heteroatoms. The molecule has 0 unspecified atom stereocenters. The number of aromatic hydroxyl groups is 1. The normalized spacial score (nSPS) is 11.5. The second kappa shape index (κ2) is 6.95. The highest BCUT2D eigenvalue weighted by molar-refractivity contribution is 8.00. The zero-order valence-corrected chi connectivity index (χ0v) is 15.1. The van der Waals surface area contributed by atoms with Crippen LogP contribution in [0.4, 0.5) is 5.69 Å². The Morgan fingerprint density at radius 1 is 1.20 bits per heavy atom. The van der Waals surface area contributed by atoms with Gasteiger partial charge in [-0.2, -0.15) is 0 Å². The zero-order chi connectivity index (χ0) is 18.0. The van der Waals surface area contributed by atoms with E-state index in [1.165, 1.54) is 12.1 Å². The van der Waals surface area contributed by atoms with Gasteiger partial charge in [0.05, 0.1) is 16.6 Å². The van der Waals surface area contributed by atoms with Gasteiger partial charge in [0.15, 0.2) is 0 Å². The van der Waals surface area contributed by atoms with Gasteiger partial charge in [0.2, 0.25) is 0 Å². The van der Waals surface area contributed by atoms with Gasteiger partial charge in [-0.25, -0.2) is 8.42 Å². The third kappa shape index (κ3) is 3.73. The molecule has 0 atom stereocenters. The first-order valence-electron chi connectivity index (χ1n) is 7.02. The van der Waals surface area contributed by atoms with Crippen LogP contribution in [0.3, 0.4) is 0 Å². The first-order valence-corrected chi connectivity index (χ1v) is 10.4. The Morgan fingerprint density at radius 3 is 2.56 bits per heavy atom. The Kier molecular flexibility index (Phi) is 4.89. The minimum Gasteiger partial charge on any atom is -0.549 e. The van der Waals surface area contributed by atoms with Crippen molar-refractivity contribution in [2.45, 2.75) is 9.10 Å². The van der Waals surface area contributed by atoms with E-state index in [0.717, 1.165) is 23.1 Å². The maximum atomic E-state index is 12.5. The fraction of sp³-hybridized carbons (Fsp3) is 0.0625. The van der Waals surface area contributed by atoms with Crippen LogP contribution in [0.1, 0.15) is 0 Å². The lowest BCUT2D eigenvalue weighted by Gasteiger charge is -2.14. The summed E-state index contributed by atoms with van der Waals surface area (Å²) < 4.78 is 27.7. The van der Waals surface area contributed by atoms with Gasteiger partial charge >= 0.3 is 0 Å². The van der Waals surface area contributed by atoms with Crippen LogP contribution in [0.2, 0.25) is 0 Å². The summed E-state index contributed by atoms with van der Waals surface area (Å²) in [6, 6.07) is 11.3. The largest absolute Gasteiger partial charge is 0.549 e. The minimum absolute atomic E-state index is 0.0964. The van der Waals surface area contributed by atoms with Crippen molar-refractivity contribution < 1.29 is 23.4 Å². The molecule has 0 aliphatic heterocycles. The first-order chi connectivity index (χ1) is 11.9. The zero-order valence-electron chi connectivity index (χ0n) is 12.6. The van der Waals surface area contributed by atoms with Crippen molar-refractivity contribution in [2.75, 3.05) is 10.5 Å². The van der Waals surface area contributed by atoms with Gasteiger partial charge in [-0.15, -0.1) is 23.1 Å². The summed E-state index contributed by atoms with van der Waals surface area (Å²) in [7, 11) is -3.77. The maximum absolute atomic E-state index is 12.5. The molecular formula is C16H12NO5S3-. The molecule has 0 saturated heterocycles. The Balaban J connectivity index is 2.10. The van der Waals surface area contributed by atoms with E-state index in [-0.39, 0.29) is 26.3 Å². The minimum atomic E-state index is -3.77.